The third-order valence-corrected chi connectivity index (χ3v) is 16.5. The van der Waals surface area contributed by atoms with Crippen LogP contribution in [-0.4, -0.2) is 201 Å². The van der Waals surface area contributed by atoms with Crippen molar-refractivity contribution in [3.63, 3.8) is 0 Å². The van der Waals surface area contributed by atoms with E-state index in [1.807, 2.05) is 10.6 Å². The van der Waals surface area contributed by atoms with Gasteiger partial charge in [-0.2, -0.15) is 0 Å². The van der Waals surface area contributed by atoms with Crippen LogP contribution in [0.15, 0.2) is 91.1 Å². The fraction of sp³-hybridized carbons (Fsp3) is 0.500. The van der Waals surface area contributed by atoms with Gasteiger partial charge in [-0.1, -0.05) is 127 Å². The number of benzene rings is 3. The fourth-order valence-electron chi connectivity index (χ4n) is 10.6. The average Bonchev–Trinajstić information content (AvgIpc) is 1.75. The van der Waals surface area contributed by atoms with E-state index in [0.29, 0.717) is 22.0 Å². The molecule has 1 aromatic heterocycles. The Labute approximate surface area is 571 Å². The van der Waals surface area contributed by atoms with E-state index in [0.717, 1.165) is 6.92 Å². The van der Waals surface area contributed by atoms with Crippen molar-refractivity contribution in [2.24, 2.45) is 35.0 Å². The van der Waals surface area contributed by atoms with Crippen LogP contribution in [0.25, 0.3) is 10.9 Å². The number of ether oxygens (including phenoxy) is 1. The van der Waals surface area contributed by atoms with E-state index in [1.54, 1.807) is 88.5 Å². The average molecular weight is 1380 g/mol. The molecule has 99 heavy (non-hydrogen) atoms. The van der Waals surface area contributed by atoms with Gasteiger partial charge in [0.15, 0.2) is 24.2 Å². The summed E-state index contributed by atoms with van der Waals surface area (Å²) < 4.78 is 6.02. The lowest BCUT2D eigenvalue weighted by molar-refractivity contribution is -0.159. The SMILES string of the molecule is CC[C@H](C)[C@@H]1NC(=O)[C@@H](CCCNC(=N)N)NC(=O)[C@H](CC(C)C)NC(=O)[C@H]([C@H](O)C(C)C)NC(=O)[C@@H](NC(=O)[C@H](Cc2c[nH]c3ccccc23)NC(=O)[C@H](N)Cc2ccccc2)[C@@H](c2ccccc2)OC(=O)[C@H](CO)NC(=O)[C@H]([C@H](O)C(N)=O)NC(=O)CNC(=O)[C@H]([C@H](C)O)NC1=O. The summed E-state index contributed by atoms with van der Waals surface area (Å²) in [5.41, 5.74) is 19.1. The number of para-hydroxylation sites is 1. The van der Waals surface area contributed by atoms with Crippen molar-refractivity contribution in [3.8, 4) is 0 Å². The number of cyclic esters (lactones) is 1. The molecule has 33 nitrogen and oxygen atoms in total. The maximum Gasteiger partial charge on any atom is 0.331 e. The molecular formula is C66H94N16O17. The number of aliphatic hydroxyl groups is 4. The Balaban J connectivity index is 1.72. The van der Waals surface area contributed by atoms with E-state index in [1.165, 1.54) is 44.2 Å². The van der Waals surface area contributed by atoms with Crippen LogP contribution in [0.5, 0.6) is 0 Å². The highest BCUT2D eigenvalue weighted by molar-refractivity contribution is 6.00. The highest BCUT2D eigenvalue weighted by atomic mass is 16.5. The third kappa shape index (κ3) is 23.6. The first-order chi connectivity index (χ1) is 46.8. The number of aromatic nitrogens is 1. The number of carbonyl (C=O) groups excluding carboxylic acids is 12. The third-order valence-electron chi connectivity index (χ3n) is 16.5. The number of hydrogen-bond acceptors (Lipinski definition) is 19. The Morgan fingerprint density at radius 2 is 1.23 bits per heavy atom. The fourth-order valence-corrected chi connectivity index (χ4v) is 10.6. The van der Waals surface area contributed by atoms with Gasteiger partial charge in [-0.25, -0.2) is 4.79 Å². The number of carbonyl (C=O) groups is 12. The zero-order chi connectivity index (χ0) is 73.4. The first-order valence-electron chi connectivity index (χ1n) is 32.5. The number of H-pyrrole nitrogens is 1. The summed E-state index contributed by atoms with van der Waals surface area (Å²) in [6.07, 6.45) is -7.06. The number of nitrogens with one attached hydrogen (secondary N) is 13. The van der Waals surface area contributed by atoms with Crippen LogP contribution in [0.3, 0.4) is 0 Å². The predicted octanol–water partition coefficient (Wildman–Crippen LogP) is -4.35. The van der Waals surface area contributed by atoms with Crippen LogP contribution in [0.1, 0.15) is 96.9 Å². The van der Waals surface area contributed by atoms with Crippen molar-refractivity contribution < 1.29 is 82.7 Å². The van der Waals surface area contributed by atoms with Crippen LogP contribution in [0.4, 0.5) is 0 Å². The van der Waals surface area contributed by atoms with E-state index in [2.05, 4.69) is 52.8 Å². The quantitative estimate of drug-likeness (QED) is 0.0144. The minimum atomic E-state index is -2.60. The Hall–Kier alpha value is -10.1. The van der Waals surface area contributed by atoms with Gasteiger partial charge < -0.3 is 106 Å². The van der Waals surface area contributed by atoms with E-state index in [4.69, 9.17) is 27.3 Å². The molecule has 0 saturated carbocycles. The highest BCUT2D eigenvalue weighted by Crippen LogP contribution is 2.26. The molecule has 0 spiro atoms. The second-order valence-corrected chi connectivity index (χ2v) is 25.1. The van der Waals surface area contributed by atoms with Gasteiger partial charge in [0.1, 0.15) is 48.3 Å². The van der Waals surface area contributed by atoms with Gasteiger partial charge >= 0.3 is 5.97 Å². The van der Waals surface area contributed by atoms with Gasteiger partial charge in [-0.15, -0.1) is 0 Å². The lowest BCUT2D eigenvalue weighted by atomic mass is 9.95. The number of amides is 11. The summed E-state index contributed by atoms with van der Waals surface area (Å²) in [4.78, 5) is 176. The Bertz CT molecular complexity index is 3470. The monoisotopic (exact) mass is 1380 g/mol. The van der Waals surface area contributed by atoms with Crippen LogP contribution in [0.2, 0.25) is 0 Å². The lowest BCUT2D eigenvalue weighted by Gasteiger charge is -2.33. The van der Waals surface area contributed by atoms with Crippen LogP contribution >= 0.6 is 0 Å². The zero-order valence-electron chi connectivity index (χ0n) is 56.2. The molecule has 5 rings (SSSR count). The van der Waals surface area contributed by atoms with Gasteiger partial charge in [0.2, 0.25) is 65.0 Å². The molecule has 0 unspecified atom stereocenters. The molecule has 1 aliphatic heterocycles. The van der Waals surface area contributed by atoms with Crippen LogP contribution in [-0.2, 0) is 75.1 Å². The number of guanidine groups is 1. The smallest absolute Gasteiger partial charge is 0.331 e. The summed E-state index contributed by atoms with van der Waals surface area (Å²) in [6, 6.07) is 4.30. The van der Waals surface area contributed by atoms with Gasteiger partial charge in [-0.3, -0.25) is 58.1 Å². The molecule has 33 heteroatoms. The molecule has 2 heterocycles. The van der Waals surface area contributed by atoms with Crippen molar-refractivity contribution in [2.45, 2.75) is 172 Å². The Morgan fingerprint density at radius 3 is 1.84 bits per heavy atom. The molecular weight excluding hydrogens is 1290 g/mol. The van der Waals surface area contributed by atoms with Crippen molar-refractivity contribution in [1.82, 2.24) is 63.5 Å². The van der Waals surface area contributed by atoms with Gasteiger partial charge in [0.05, 0.1) is 31.4 Å². The Morgan fingerprint density at radius 1 is 0.657 bits per heavy atom. The number of fused-ring (bicyclic) bond motifs is 1. The normalized spacial score (nSPS) is 23.4. The van der Waals surface area contributed by atoms with E-state index < -0.39 is 193 Å². The molecule has 4 aromatic rings. The second-order valence-electron chi connectivity index (χ2n) is 25.1. The van der Waals surface area contributed by atoms with Gasteiger partial charge in [0, 0.05) is 30.1 Å². The molecule has 0 aliphatic carbocycles. The maximum absolute atomic E-state index is 15.7. The summed E-state index contributed by atoms with van der Waals surface area (Å²) in [5, 5.41) is 79.6. The number of primary amides is 1. The van der Waals surface area contributed by atoms with Gasteiger partial charge in [0.25, 0.3) is 0 Å². The summed E-state index contributed by atoms with van der Waals surface area (Å²) in [7, 11) is 0. The minimum absolute atomic E-state index is 0.00179. The lowest BCUT2D eigenvalue weighted by Crippen LogP contribution is -2.64. The molecule has 23 N–H and O–H groups in total. The summed E-state index contributed by atoms with van der Waals surface area (Å²) in [6.45, 7) is 8.25. The highest BCUT2D eigenvalue weighted by Gasteiger charge is 2.44. The van der Waals surface area contributed by atoms with Crippen molar-refractivity contribution in [3.05, 3.63) is 108 Å². The molecule has 15 atom stereocenters. The molecule has 1 aliphatic rings. The van der Waals surface area contributed by atoms with Crippen molar-refractivity contribution >= 4 is 87.8 Å². The number of nitrogens with two attached hydrogens (primary N) is 3. The van der Waals surface area contributed by atoms with E-state index in [-0.39, 0.29) is 50.6 Å². The zero-order valence-corrected chi connectivity index (χ0v) is 56.2. The number of aliphatic hydroxyl groups excluding tert-OH is 4. The molecule has 1 saturated heterocycles. The number of aromatic amines is 1. The predicted molar refractivity (Wildman–Crippen MR) is 359 cm³/mol. The second kappa shape index (κ2) is 38.2. The van der Waals surface area contributed by atoms with Crippen molar-refractivity contribution in [2.75, 3.05) is 19.7 Å². The van der Waals surface area contributed by atoms with E-state index >= 15 is 14.4 Å². The molecule has 1 fully saturated rings. The maximum atomic E-state index is 15.7. The first kappa shape index (κ1) is 79.6. The van der Waals surface area contributed by atoms with E-state index in [9.17, 15) is 63.6 Å². The number of esters is 1. The molecule has 3 aromatic carbocycles. The molecule has 0 radical (unpaired) electrons. The van der Waals surface area contributed by atoms with Crippen LogP contribution < -0.4 is 75.7 Å². The molecule has 540 valence electrons. The molecule has 11 amide bonds. The molecule has 0 bridgehead atoms. The van der Waals surface area contributed by atoms with Gasteiger partial charge in [-0.05, 0) is 73.1 Å². The largest absolute Gasteiger partial charge is 0.453 e. The topological polar surface area (TPSA) is 545 Å². The minimum Gasteiger partial charge on any atom is -0.453 e. The summed E-state index contributed by atoms with van der Waals surface area (Å²) >= 11 is 0. The summed E-state index contributed by atoms with van der Waals surface area (Å²) in [5.74, 6) is -17.4. The Kier molecular flexibility index (Phi) is 30.7. The first-order valence-corrected chi connectivity index (χ1v) is 32.5. The number of hydrogen-bond donors (Lipinski definition) is 20. The van der Waals surface area contributed by atoms with Crippen LogP contribution in [0, 0.1) is 23.2 Å². The van der Waals surface area contributed by atoms with Crippen molar-refractivity contribution in [1.29, 1.82) is 5.41 Å². The number of rotatable bonds is 23. The standard InChI is InChI=1S/C66H94N16O17/c1-8-34(6)47-61(94)80-48(35(7)84)60(93)73-30-46(85)78-50(53(87)55(68)88)63(96)77-45(31-83)65(98)99-54(37-20-13-10-14-21-37)51(82-59(92)44(28-38-29-72-41-23-16-15-22-39(38)41)75-56(89)40(67)27-36-18-11-9-12-19-36)64(97)81-49(52(86)33(4)5)62(95)76-43(26-32(2)3)58(91)74-42(57(90)79-47)24-17-25-71-66(69)70/h9-16,18-23,29,32-35,40,42-45,47-54,72,83-84,86-87H,8,17,24-28,30-31,67H2,1-7H3,(H2,68,88)(H,73,93)(H,74,91)(H,75,89)(H,76,95)(H,77,96)(H,78,85)(H,79,90)(H,80,94)(H,81,97)(H,82,92)(H4,69,70,71)/t34-,35-,40+,42+,43-,44-,45-,47-,48-,49-,50-,51-,52+,53-,54+/m0/s1.